The van der Waals surface area contributed by atoms with E-state index in [-0.39, 0.29) is 0 Å². The van der Waals surface area contributed by atoms with Crippen LogP contribution in [-0.2, 0) is 0 Å². The first kappa shape index (κ1) is 13.3. The normalized spacial score (nSPS) is 11.5. The largest absolute Gasteiger partial charge is 0.309 e. The molecule has 0 saturated carbocycles. The molecule has 0 fully saturated rings. The molecule has 0 aromatic rings. The molecule has 0 aromatic heterocycles. The predicted molar refractivity (Wildman–Crippen MR) is 63.8 cm³/mol. The molecule has 0 heterocycles. The highest BCUT2D eigenvalue weighted by Gasteiger charge is 1.97. The van der Waals surface area contributed by atoms with Gasteiger partial charge in [-0.05, 0) is 65.8 Å². The molecule has 3 heteroatoms. The van der Waals surface area contributed by atoms with E-state index in [4.69, 9.17) is 0 Å². The molecule has 80 valence electrons. The summed E-state index contributed by atoms with van der Waals surface area (Å²) in [7, 11) is 6.45. The Morgan fingerprint density at radius 1 is 0.846 bits per heavy atom. The van der Waals surface area contributed by atoms with Crippen LogP contribution < -0.4 is 0 Å². The summed E-state index contributed by atoms with van der Waals surface area (Å²) in [6.07, 6.45) is 3.79. The summed E-state index contributed by atoms with van der Waals surface area (Å²) in [5.41, 5.74) is 0. The van der Waals surface area contributed by atoms with Crippen molar-refractivity contribution in [2.75, 3.05) is 46.5 Å². The van der Waals surface area contributed by atoms with E-state index < -0.39 is 0 Å². The minimum Gasteiger partial charge on any atom is -0.309 e. The van der Waals surface area contributed by atoms with Crippen molar-refractivity contribution in [2.45, 2.75) is 19.3 Å². The standard InChI is InChI=1S/C10H24N2S/c1-11(2)7-6-9-12(3)8-4-5-10-13/h13H,4-10H2,1-3H3. The second kappa shape index (κ2) is 8.85. The number of thiol groups is 1. The van der Waals surface area contributed by atoms with Gasteiger partial charge in [-0.25, -0.2) is 0 Å². The fourth-order valence-corrected chi connectivity index (χ4v) is 1.49. The van der Waals surface area contributed by atoms with Crippen LogP contribution >= 0.6 is 12.6 Å². The Balaban J connectivity index is 3.15. The Labute approximate surface area is 88.7 Å². The molecule has 0 saturated heterocycles. The van der Waals surface area contributed by atoms with Crippen molar-refractivity contribution in [3.8, 4) is 0 Å². The lowest BCUT2D eigenvalue weighted by atomic mass is 10.3. The monoisotopic (exact) mass is 204 g/mol. The quantitative estimate of drug-likeness (QED) is 0.474. The van der Waals surface area contributed by atoms with Gasteiger partial charge in [0.1, 0.15) is 0 Å². The molecular weight excluding hydrogens is 180 g/mol. The Morgan fingerprint density at radius 3 is 2.00 bits per heavy atom. The van der Waals surface area contributed by atoms with Crippen LogP contribution in [0.2, 0.25) is 0 Å². The van der Waals surface area contributed by atoms with Crippen molar-refractivity contribution in [2.24, 2.45) is 0 Å². The van der Waals surface area contributed by atoms with Crippen molar-refractivity contribution in [3.05, 3.63) is 0 Å². The molecule has 0 aromatic carbocycles. The van der Waals surface area contributed by atoms with Crippen LogP contribution in [0.25, 0.3) is 0 Å². The number of hydrogen-bond donors (Lipinski definition) is 1. The molecular formula is C10H24N2S. The van der Waals surface area contributed by atoms with Gasteiger partial charge in [-0.1, -0.05) is 0 Å². The predicted octanol–water partition coefficient (Wildman–Crippen LogP) is 1.58. The van der Waals surface area contributed by atoms with E-state index in [1.165, 1.54) is 38.9 Å². The van der Waals surface area contributed by atoms with Crippen LogP contribution in [0.4, 0.5) is 0 Å². The summed E-state index contributed by atoms with van der Waals surface area (Å²) in [5, 5.41) is 0. The molecule has 0 spiro atoms. The lowest BCUT2D eigenvalue weighted by Crippen LogP contribution is -2.24. The lowest BCUT2D eigenvalue weighted by molar-refractivity contribution is 0.297. The first-order valence-corrected chi connectivity index (χ1v) is 5.74. The van der Waals surface area contributed by atoms with Gasteiger partial charge in [0.2, 0.25) is 0 Å². The van der Waals surface area contributed by atoms with Gasteiger partial charge < -0.3 is 9.80 Å². The molecule has 0 unspecified atom stereocenters. The summed E-state index contributed by atoms with van der Waals surface area (Å²) < 4.78 is 0. The fourth-order valence-electron chi connectivity index (χ4n) is 1.26. The summed E-state index contributed by atoms with van der Waals surface area (Å²) >= 11 is 4.20. The fraction of sp³-hybridized carbons (Fsp3) is 1.00. The Hall–Kier alpha value is 0.270. The van der Waals surface area contributed by atoms with Crippen LogP contribution in [-0.4, -0.2) is 56.3 Å². The third-order valence-electron chi connectivity index (χ3n) is 2.09. The molecule has 0 aliphatic heterocycles. The van der Waals surface area contributed by atoms with Gasteiger partial charge in [0.25, 0.3) is 0 Å². The van der Waals surface area contributed by atoms with Gasteiger partial charge in [0.05, 0.1) is 0 Å². The average molecular weight is 204 g/mol. The summed E-state index contributed by atoms with van der Waals surface area (Å²) in [6, 6.07) is 0. The van der Waals surface area contributed by atoms with Crippen molar-refractivity contribution in [1.29, 1.82) is 0 Å². The molecule has 2 nitrogen and oxygen atoms in total. The van der Waals surface area contributed by atoms with E-state index >= 15 is 0 Å². The highest BCUT2D eigenvalue weighted by atomic mass is 32.1. The topological polar surface area (TPSA) is 6.48 Å². The highest BCUT2D eigenvalue weighted by Crippen LogP contribution is 1.96. The van der Waals surface area contributed by atoms with E-state index in [2.05, 4.69) is 43.6 Å². The first-order chi connectivity index (χ1) is 6.16. The maximum Gasteiger partial charge on any atom is -0.000960 e. The third kappa shape index (κ3) is 10.2. The van der Waals surface area contributed by atoms with Crippen molar-refractivity contribution < 1.29 is 0 Å². The summed E-state index contributed by atoms with van der Waals surface area (Å²) in [4.78, 5) is 4.65. The second-order valence-corrected chi connectivity index (χ2v) is 4.34. The van der Waals surface area contributed by atoms with Crippen LogP contribution in [0.1, 0.15) is 19.3 Å². The highest BCUT2D eigenvalue weighted by molar-refractivity contribution is 7.80. The number of nitrogens with zero attached hydrogens (tertiary/aromatic N) is 2. The van der Waals surface area contributed by atoms with Crippen LogP contribution in [0.15, 0.2) is 0 Å². The van der Waals surface area contributed by atoms with E-state index in [9.17, 15) is 0 Å². The second-order valence-electron chi connectivity index (χ2n) is 3.89. The summed E-state index contributed by atoms with van der Waals surface area (Å²) in [6.45, 7) is 3.62. The van der Waals surface area contributed by atoms with Gasteiger partial charge in [0, 0.05) is 0 Å². The Morgan fingerprint density at radius 2 is 1.46 bits per heavy atom. The third-order valence-corrected chi connectivity index (χ3v) is 2.41. The SMILES string of the molecule is CN(C)CCCN(C)CCCCS. The van der Waals surface area contributed by atoms with Crippen LogP contribution in [0.5, 0.6) is 0 Å². The van der Waals surface area contributed by atoms with Crippen molar-refractivity contribution in [3.63, 3.8) is 0 Å². The van der Waals surface area contributed by atoms with Gasteiger partial charge in [-0.15, -0.1) is 0 Å². The molecule has 0 aliphatic rings. The molecule has 0 rings (SSSR count). The van der Waals surface area contributed by atoms with E-state index in [1.807, 2.05) is 0 Å². The van der Waals surface area contributed by atoms with E-state index in [0.717, 1.165) is 5.75 Å². The zero-order valence-electron chi connectivity index (χ0n) is 9.29. The Bertz CT molecular complexity index is 107. The van der Waals surface area contributed by atoms with Gasteiger partial charge in [0.15, 0.2) is 0 Å². The van der Waals surface area contributed by atoms with Crippen molar-refractivity contribution >= 4 is 12.6 Å². The molecule has 0 bridgehead atoms. The zero-order valence-corrected chi connectivity index (χ0v) is 10.2. The zero-order chi connectivity index (χ0) is 10.1. The lowest BCUT2D eigenvalue weighted by Gasteiger charge is -2.17. The summed E-state index contributed by atoms with van der Waals surface area (Å²) in [5.74, 6) is 1.02. The average Bonchev–Trinajstić information content (AvgIpc) is 2.04. The molecule has 0 atom stereocenters. The smallest absolute Gasteiger partial charge is 0.000960 e. The first-order valence-electron chi connectivity index (χ1n) is 5.11. The van der Waals surface area contributed by atoms with Crippen LogP contribution in [0, 0.1) is 0 Å². The van der Waals surface area contributed by atoms with Gasteiger partial charge >= 0.3 is 0 Å². The van der Waals surface area contributed by atoms with E-state index in [0.29, 0.717) is 0 Å². The number of rotatable bonds is 8. The Kier molecular flexibility index (Phi) is 9.03. The van der Waals surface area contributed by atoms with Crippen molar-refractivity contribution in [1.82, 2.24) is 9.80 Å². The number of unbranched alkanes of at least 4 members (excludes halogenated alkanes) is 1. The molecule has 0 radical (unpaired) electrons. The molecule has 0 N–H and O–H groups in total. The minimum atomic E-state index is 1.02. The van der Waals surface area contributed by atoms with Gasteiger partial charge in [-0.3, -0.25) is 0 Å². The maximum atomic E-state index is 4.20. The van der Waals surface area contributed by atoms with Gasteiger partial charge in [-0.2, -0.15) is 12.6 Å². The molecule has 0 aliphatic carbocycles. The van der Waals surface area contributed by atoms with Crippen LogP contribution in [0.3, 0.4) is 0 Å². The minimum absolute atomic E-state index is 1.02. The van der Waals surface area contributed by atoms with E-state index in [1.54, 1.807) is 0 Å². The number of hydrogen-bond acceptors (Lipinski definition) is 3. The molecule has 0 amide bonds. The molecule has 13 heavy (non-hydrogen) atoms. The maximum absolute atomic E-state index is 4.20.